The third-order valence-corrected chi connectivity index (χ3v) is 2.16. The Morgan fingerprint density at radius 1 is 1.35 bits per heavy atom. The molecule has 0 bridgehead atoms. The molecule has 17 heavy (non-hydrogen) atoms. The topological polar surface area (TPSA) is 83.6 Å². The number of carbonyl (C=O) groups excluding carboxylic acids is 1. The molecule has 0 heterocycles. The van der Waals surface area contributed by atoms with Gasteiger partial charge in [-0.2, -0.15) is 0 Å². The summed E-state index contributed by atoms with van der Waals surface area (Å²) in [5.41, 5.74) is 6.12. The highest BCUT2D eigenvalue weighted by Gasteiger charge is 2.19. The molecule has 0 radical (unpaired) electrons. The van der Waals surface area contributed by atoms with Crippen molar-refractivity contribution in [2.45, 2.75) is 19.4 Å². The maximum Gasteiger partial charge on any atom is 0.323 e. The van der Waals surface area contributed by atoms with E-state index in [0.717, 1.165) is 0 Å². The lowest BCUT2D eigenvalue weighted by atomic mass is 10.2. The molecule has 0 aromatic heterocycles. The number of rotatable bonds is 5. The van der Waals surface area contributed by atoms with Gasteiger partial charge in [-0.1, -0.05) is 18.2 Å². The molecule has 0 spiro atoms. The fraction of sp³-hybridized carbons (Fsp3) is 0.333. The summed E-state index contributed by atoms with van der Waals surface area (Å²) in [4.78, 5) is 23.8. The van der Waals surface area contributed by atoms with E-state index >= 15 is 0 Å². The van der Waals surface area contributed by atoms with E-state index in [4.69, 9.17) is 10.8 Å². The lowest BCUT2D eigenvalue weighted by Gasteiger charge is -2.21. The van der Waals surface area contributed by atoms with E-state index in [9.17, 15) is 9.59 Å². The lowest BCUT2D eigenvalue weighted by molar-refractivity contribution is -0.136. The summed E-state index contributed by atoms with van der Waals surface area (Å²) in [7, 11) is 0. The van der Waals surface area contributed by atoms with Crippen LogP contribution in [0.2, 0.25) is 0 Å². The minimum Gasteiger partial charge on any atom is -0.480 e. The summed E-state index contributed by atoms with van der Waals surface area (Å²) in [6.45, 7) is 1.36. The van der Waals surface area contributed by atoms with E-state index in [0.29, 0.717) is 5.69 Å². The average molecular weight is 236 g/mol. The first-order valence-corrected chi connectivity index (χ1v) is 5.33. The van der Waals surface area contributed by atoms with E-state index in [1.807, 2.05) is 0 Å². The first-order chi connectivity index (χ1) is 8.00. The van der Waals surface area contributed by atoms with Gasteiger partial charge in [0.05, 0.1) is 0 Å². The smallest absolute Gasteiger partial charge is 0.323 e. The minimum absolute atomic E-state index is 0.127. The zero-order valence-corrected chi connectivity index (χ0v) is 9.67. The number of carboxylic acid groups (broad SMARTS) is 1. The highest BCUT2D eigenvalue weighted by atomic mass is 16.4. The van der Waals surface area contributed by atoms with Crippen LogP contribution in [0.1, 0.15) is 13.3 Å². The van der Waals surface area contributed by atoms with Gasteiger partial charge in [-0.25, -0.2) is 0 Å². The van der Waals surface area contributed by atoms with Crippen molar-refractivity contribution in [3.8, 4) is 0 Å². The molecule has 1 aromatic rings. The molecule has 92 valence electrons. The second kappa shape index (κ2) is 6.00. The Kier molecular flexibility index (Phi) is 4.66. The molecule has 5 heteroatoms. The number of nitrogens with two attached hydrogens (primary N) is 1. The van der Waals surface area contributed by atoms with Crippen LogP contribution in [0.25, 0.3) is 0 Å². The maximum absolute atomic E-state index is 11.9. The molecule has 0 saturated carbocycles. The zero-order valence-electron chi connectivity index (χ0n) is 9.67. The van der Waals surface area contributed by atoms with Crippen LogP contribution in [-0.2, 0) is 9.59 Å². The van der Waals surface area contributed by atoms with Crippen LogP contribution in [0.15, 0.2) is 30.3 Å². The van der Waals surface area contributed by atoms with Crippen LogP contribution >= 0.6 is 0 Å². The Morgan fingerprint density at radius 2 is 1.94 bits per heavy atom. The summed E-state index contributed by atoms with van der Waals surface area (Å²) in [5, 5.41) is 8.80. The minimum atomic E-state index is -1.05. The van der Waals surface area contributed by atoms with Crippen LogP contribution in [0, 0.1) is 0 Å². The van der Waals surface area contributed by atoms with Gasteiger partial charge in [0, 0.05) is 18.2 Å². The van der Waals surface area contributed by atoms with Crippen molar-refractivity contribution in [3.63, 3.8) is 0 Å². The van der Waals surface area contributed by atoms with Gasteiger partial charge in [0.15, 0.2) is 0 Å². The summed E-state index contributed by atoms with van der Waals surface area (Å²) in [6.07, 6.45) is 0.127. The number of nitrogens with zero attached hydrogens (tertiary/aromatic N) is 1. The van der Waals surface area contributed by atoms with Gasteiger partial charge in [0.25, 0.3) is 0 Å². The van der Waals surface area contributed by atoms with Crippen LogP contribution < -0.4 is 10.6 Å². The van der Waals surface area contributed by atoms with E-state index < -0.39 is 5.97 Å². The molecule has 1 atom stereocenters. The fourth-order valence-corrected chi connectivity index (χ4v) is 1.45. The number of hydrogen-bond donors (Lipinski definition) is 2. The number of carbonyl (C=O) groups is 2. The van der Waals surface area contributed by atoms with Crippen LogP contribution in [-0.4, -0.2) is 29.6 Å². The van der Waals surface area contributed by atoms with E-state index in [2.05, 4.69) is 0 Å². The normalized spacial score (nSPS) is 11.9. The number of aliphatic carboxylic acids is 1. The van der Waals surface area contributed by atoms with Gasteiger partial charge >= 0.3 is 5.97 Å². The predicted molar refractivity (Wildman–Crippen MR) is 64.7 cm³/mol. The van der Waals surface area contributed by atoms with Crippen molar-refractivity contribution in [2.75, 3.05) is 11.4 Å². The van der Waals surface area contributed by atoms with Crippen LogP contribution in [0.5, 0.6) is 0 Å². The Morgan fingerprint density at radius 3 is 2.41 bits per heavy atom. The Balaban J connectivity index is 2.88. The summed E-state index contributed by atoms with van der Waals surface area (Å²) in [6, 6.07) is 8.41. The molecule has 1 rings (SSSR count). The third-order valence-electron chi connectivity index (χ3n) is 2.16. The van der Waals surface area contributed by atoms with Gasteiger partial charge in [-0.05, 0) is 19.1 Å². The summed E-state index contributed by atoms with van der Waals surface area (Å²) < 4.78 is 0. The quantitative estimate of drug-likeness (QED) is 0.793. The molecule has 5 nitrogen and oxygen atoms in total. The lowest BCUT2D eigenvalue weighted by Crippen LogP contribution is -2.38. The monoisotopic (exact) mass is 236 g/mol. The van der Waals surface area contributed by atoms with Crippen LogP contribution in [0.4, 0.5) is 5.69 Å². The number of amides is 1. The number of para-hydroxylation sites is 1. The molecule has 0 aliphatic heterocycles. The Labute approximate surface area is 99.8 Å². The largest absolute Gasteiger partial charge is 0.480 e. The molecule has 1 aromatic carbocycles. The second-order valence-electron chi connectivity index (χ2n) is 3.89. The van der Waals surface area contributed by atoms with Crippen molar-refractivity contribution < 1.29 is 14.7 Å². The van der Waals surface area contributed by atoms with Gasteiger partial charge in [-0.3, -0.25) is 9.59 Å². The molecular formula is C12H16N2O3. The standard InChI is InChI=1S/C12H16N2O3/c1-9(13)7-11(15)14(8-12(16)17)10-5-3-2-4-6-10/h2-6,9H,7-8,13H2,1H3,(H,16,17). The van der Waals surface area contributed by atoms with Crippen molar-refractivity contribution in [3.05, 3.63) is 30.3 Å². The molecule has 0 aliphatic rings. The third kappa shape index (κ3) is 4.24. The SMILES string of the molecule is CC(N)CC(=O)N(CC(=O)O)c1ccccc1. The van der Waals surface area contributed by atoms with Crippen molar-refractivity contribution in [2.24, 2.45) is 5.73 Å². The number of anilines is 1. The predicted octanol–water partition coefficient (Wildman–Crippen LogP) is 0.842. The highest BCUT2D eigenvalue weighted by molar-refractivity contribution is 5.97. The molecule has 0 fully saturated rings. The van der Waals surface area contributed by atoms with E-state index in [1.54, 1.807) is 37.3 Å². The molecule has 1 amide bonds. The van der Waals surface area contributed by atoms with Gasteiger partial charge in [0.2, 0.25) is 5.91 Å². The zero-order chi connectivity index (χ0) is 12.8. The van der Waals surface area contributed by atoms with Gasteiger partial charge < -0.3 is 15.7 Å². The fourth-order valence-electron chi connectivity index (χ4n) is 1.45. The first kappa shape index (κ1) is 13.2. The summed E-state index contributed by atoms with van der Waals surface area (Å²) >= 11 is 0. The van der Waals surface area contributed by atoms with Crippen molar-refractivity contribution >= 4 is 17.6 Å². The number of benzene rings is 1. The Hall–Kier alpha value is -1.88. The van der Waals surface area contributed by atoms with E-state index in [-0.39, 0.29) is 24.9 Å². The average Bonchev–Trinajstić information content (AvgIpc) is 2.25. The van der Waals surface area contributed by atoms with Crippen molar-refractivity contribution in [1.29, 1.82) is 0 Å². The maximum atomic E-state index is 11.9. The Bertz CT molecular complexity index is 390. The molecular weight excluding hydrogens is 220 g/mol. The van der Waals surface area contributed by atoms with Crippen molar-refractivity contribution in [1.82, 2.24) is 0 Å². The van der Waals surface area contributed by atoms with Crippen LogP contribution in [0.3, 0.4) is 0 Å². The van der Waals surface area contributed by atoms with Gasteiger partial charge in [0.1, 0.15) is 6.54 Å². The highest BCUT2D eigenvalue weighted by Crippen LogP contribution is 2.14. The summed E-state index contributed by atoms with van der Waals surface area (Å²) in [5.74, 6) is -1.33. The molecule has 0 saturated heterocycles. The number of carboxylic acids is 1. The molecule has 1 unspecified atom stereocenters. The van der Waals surface area contributed by atoms with Gasteiger partial charge in [-0.15, -0.1) is 0 Å². The molecule has 3 N–H and O–H groups in total. The second-order valence-corrected chi connectivity index (χ2v) is 3.89. The first-order valence-electron chi connectivity index (χ1n) is 5.33. The van der Waals surface area contributed by atoms with E-state index in [1.165, 1.54) is 4.90 Å². The number of hydrogen-bond acceptors (Lipinski definition) is 3. The molecule has 0 aliphatic carbocycles.